The van der Waals surface area contributed by atoms with Crippen molar-refractivity contribution in [1.29, 1.82) is 0 Å². The van der Waals surface area contributed by atoms with E-state index in [9.17, 15) is 0 Å². The largest absolute Gasteiger partial charge is 0.280 e. The maximum atomic E-state index is 4.58. The molecule has 0 spiro atoms. The molecule has 16 heavy (non-hydrogen) atoms. The summed E-state index contributed by atoms with van der Waals surface area (Å²) in [5, 5.41) is 0. The molecule has 0 radical (unpaired) electrons. The van der Waals surface area contributed by atoms with Crippen molar-refractivity contribution in [3.63, 3.8) is 0 Å². The van der Waals surface area contributed by atoms with E-state index in [0.29, 0.717) is 0 Å². The molecule has 2 rings (SSSR count). The Labute approximate surface area is 98.9 Å². The molecule has 1 aromatic rings. The monoisotopic (exact) mass is 215 g/mol. The van der Waals surface area contributed by atoms with Gasteiger partial charge in [-0.3, -0.25) is 4.99 Å². The number of rotatable bonds is 1. The zero-order valence-corrected chi connectivity index (χ0v) is 11.0. The van der Waals surface area contributed by atoms with E-state index >= 15 is 0 Å². The lowest BCUT2D eigenvalue weighted by Crippen LogP contribution is -2.01. The van der Waals surface area contributed by atoms with Crippen LogP contribution < -0.4 is 0 Å². The van der Waals surface area contributed by atoms with E-state index in [-0.39, 0.29) is 0 Å². The highest BCUT2D eigenvalue weighted by Gasteiger charge is 2.16. The van der Waals surface area contributed by atoms with Crippen molar-refractivity contribution in [3.8, 4) is 0 Å². The average molecular weight is 215 g/mol. The lowest BCUT2D eigenvalue weighted by molar-refractivity contribution is 1.11. The summed E-state index contributed by atoms with van der Waals surface area (Å²) in [4.78, 5) is 4.58. The van der Waals surface area contributed by atoms with Crippen LogP contribution >= 0.6 is 0 Å². The second kappa shape index (κ2) is 5.64. The number of hydrogen-bond acceptors (Lipinski definition) is 1. The van der Waals surface area contributed by atoms with Crippen molar-refractivity contribution < 1.29 is 0 Å². The van der Waals surface area contributed by atoms with Gasteiger partial charge in [0.15, 0.2) is 0 Å². The first kappa shape index (κ1) is 12.7. The molecule has 0 amide bonds. The molecule has 0 saturated heterocycles. The van der Waals surface area contributed by atoms with Crippen LogP contribution in [0.2, 0.25) is 0 Å². The van der Waals surface area contributed by atoms with Gasteiger partial charge < -0.3 is 0 Å². The van der Waals surface area contributed by atoms with Gasteiger partial charge in [-0.15, -0.1) is 0 Å². The number of nitrogens with zero attached hydrogens (tertiary/aromatic N) is 1. The van der Waals surface area contributed by atoms with Crippen LogP contribution in [0, 0.1) is 0 Å². The lowest BCUT2D eigenvalue weighted by atomic mass is 9.99. The molecule has 0 aromatic heterocycles. The van der Waals surface area contributed by atoms with Crippen LogP contribution in [0.5, 0.6) is 0 Å². The first-order valence-corrected chi connectivity index (χ1v) is 5.97. The second-order valence-electron chi connectivity index (χ2n) is 3.95. The molecule has 0 N–H and O–H groups in total. The average Bonchev–Trinajstić information content (AvgIpc) is 2.74. The van der Waals surface area contributed by atoms with Gasteiger partial charge in [0, 0.05) is 5.56 Å². The Morgan fingerprint density at radius 2 is 1.69 bits per heavy atom. The highest BCUT2D eigenvalue weighted by atomic mass is 14.8. The first-order valence-electron chi connectivity index (χ1n) is 5.97. The molecule has 86 valence electrons. The first-order chi connectivity index (χ1) is 7.70. The SMILES string of the molecule is CC.CC(C)=C(C)C1=NCc2ccccc21. The molecule has 1 aliphatic heterocycles. The molecule has 1 nitrogen and oxygen atoms in total. The van der Waals surface area contributed by atoms with Gasteiger partial charge in [-0.25, -0.2) is 0 Å². The van der Waals surface area contributed by atoms with Crippen LogP contribution in [0.3, 0.4) is 0 Å². The third kappa shape index (κ3) is 2.41. The third-order valence-electron chi connectivity index (χ3n) is 2.79. The second-order valence-corrected chi connectivity index (χ2v) is 3.95. The van der Waals surface area contributed by atoms with Gasteiger partial charge in [0.05, 0.1) is 12.3 Å². The quantitative estimate of drug-likeness (QED) is 0.659. The molecule has 0 fully saturated rings. The maximum absolute atomic E-state index is 4.58. The van der Waals surface area contributed by atoms with Crippen LogP contribution in [-0.4, -0.2) is 5.71 Å². The van der Waals surface area contributed by atoms with E-state index in [1.807, 2.05) is 13.8 Å². The number of benzene rings is 1. The topological polar surface area (TPSA) is 12.4 Å². The van der Waals surface area contributed by atoms with Crippen LogP contribution in [-0.2, 0) is 6.54 Å². The number of aliphatic imine (C=N–C) groups is 1. The smallest absolute Gasteiger partial charge is 0.0682 e. The Balaban J connectivity index is 0.000000606. The van der Waals surface area contributed by atoms with E-state index in [1.54, 1.807) is 0 Å². The molecule has 0 unspecified atom stereocenters. The molecular weight excluding hydrogens is 194 g/mol. The zero-order chi connectivity index (χ0) is 12.1. The van der Waals surface area contributed by atoms with Gasteiger partial charge in [0.25, 0.3) is 0 Å². The Morgan fingerprint density at radius 3 is 2.31 bits per heavy atom. The summed E-state index contributed by atoms with van der Waals surface area (Å²) in [6.45, 7) is 11.3. The van der Waals surface area contributed by atoms with Gasteiger partial charge in [0.2, 0.25) is 0 Å². The van der Waals surface area contributed by atoms with Gasteiger partial charge >= 0.3 is 0 Å². The Hall–Kier alpha value is -1.37. The zero-order valence-electron chi connectivity index (χ0n) is 11.0. The normalized spacial score (nSPS) is 12.2. The van der Waals surface area contributed by atoms with Crippen molar-refractivity contribution in [2.24, 2.45) is 4.99 Å². The fourth-order valence-corrected chi connectivity index (χ4v) is 1.70. The van der Waals surface area contributed by atoms with E-state index < -0.39 is 0 Å². The molecule has 0 aliphatic carbocycles. The number of fused-ring (bicyclic) bond motifs is 1. The van der Waals surface area contributed by atoms with Crippen molar-refractivity contribution in [2.75, 3.05) is 0 Å². The number of hydrogen-bond donors (Lipinski definition) is 0. The highest BCUT2D eigenvalue weighted by Crippen LogP contribution is 2.23. The Kier molecular flexibility index (Phi) is 4.48. The minimum Gasteiger partial charge on any atom is -0.280 e. The van der Waals surface area contributed by atoms with Crippen LogP contribution in [0.25, 0.3) is 0 Å². The lowest BCUT2D eigenvalue weighted by Gasteiger charge is -2.05. The minimum atomic E-state index is 0.843. The summed E-state index contributed by atoms with van der Waals surface area (Å²) in [5.74, 6) is 0. The molecule has 0 atom stereocenters. The van der Waals surface area contributed by atoms with Crippen molar-refractivity contribution in [3.05, 3.63) is 46.5 Å². The van der Waals surface area contributed by atoms with Crippen molar-refractivity contribution >= 4 is 5.71 Å². The molecule has 1 aromatic carbocycles. The van der Waals surface area contributed by atoms with E-state index in [0.717, 1.165) is 6.54 Å². The fraction of sp³-hybridized carbons (Fsp3) is 0.400. The minimum absolute atomic E-state index is 0.843. The highest BCUT2D eigenvalue weighted by molar-refractivity contribution is 6.14. The van der Waals surface area contributed by atoms with Crippen LogP contribution in [0.4, 0.5) is 0 Å². The number of allylic oxidation sites excluding steroid dienone is 2. The van der Waals surface area contributed by atoms with Crippen LogP contribution in [0.15, 0.2) is 40.4 Å². The summed E-state index contributed by atoms with van der Waals surface area (Å²) in [6, 6.07) is 8.48. The third-order valence-corrected chi connectivity index (χ3v) is 2.79. The van der Waals surface area contributed by atoms with Crippen molar-refractivity contribution in [1.82, 2.24) is 0 Å². The summed E-state index contributed by atoms with van der Waals surface area (Å²) in [5.41, 5.74) is 6.50. The molecule has 0 bridgehead atoms. The van der Waals surface area contributed by atoms with Gasteiger partial charge in [-0.2, -0.15) is 0 Å². The standard InChI is InChI=1S/C13H15N.C2H6/c1-9(2)10(3)13-12-7-5-4-6-11(12)8-14-13;1-2/h4-7H,8H2,1-3H3;1-2H3. The fourth-order valence-electron chi connectivity index (χ4n) is 1.70. The summed E-state index contributed by atoms with van der Waals surface area (Å²) in [6.07, 6.45) is 0. The summed E-state index contributed by atoms with van der Waals surface area (Å²) in [7, 11) is 0. The van der Waals surface area contributed by atoms with Gasteiger partial charge in [-0.1, -0.05) is 43.7 Å². The molecule has 1 aliphatic rings. The molecule has 0 saturated carbocycles. The summed E-state index contributed by atoms with van der Waals surface area (Å²) < 4.78 is 0. The summed E-state index contributed by atoms with van der Waals surface area (Å²) >= 11 is 0. The van der Waals surface area contributed by atoms with Crippen LogP contribution in [0.1, 0.15) is 45.7 Å². The van der Waals surface area contributed by atoms with Gasteiger partial charge in [-0.05, 0) is 31.9 Å². The van der Waals surface area contributed by atoms with E-state index in [4.69, 9.17) is 0 Å². The molecule has 1 heteroatoms. The van der Waals surface area contributed by atoms with E-state index in [1.165, 1.54) is 28.0 Å². The maximum Gasteiger partial charge on any atom is 0.0682 e. The predicted octanol–water partition coefficient (Wildman–Crippen LogP) is 4.37. The Bertz CT molecular complexity index is 421. The predicted molar refractivity (Wildman–Crippen MR) is 72.1 cm³/mol. The van der Waals surface area contributed by atoms with E-state index in [2.05, 4.69) is 50.0 Å². The molecular formula is C15H21N. The van der Waals surface area contributed by atoms with Gasteiger partial charge in [0.1, 0.15) is 0 Å². The van der Waals surface area contributed by atoms with Crippen molar-refractivity contribution in [2.45, 2.75) is 41.2 Å². The Morgan fingerprint density at radius 1 is 1.06 bits per heavy atom. The molecule has 1 heterocycles.